The number of aryl methyl sites for hydroxylation is 1. The van der Waals surface area contributed by atoms with Crippen LogP contribution in [-0.2, 0) is 6.42 Å². The van der Waals surface area contributed by atoms with E-state index in [0.29, 0.717) is 10.5 Å². The Morgan fingerprint density at radius 2 is 2.15 bits per heavy atom. The Labute approximate surface area is 127 Å². The number of aromatic nitrogens is 2. The number of aliphatic hydroxyl groups excluding tert-OH is 1. The van der Waals surface area contributed by atoms with Crippen LogP contribution < -0.4 is 5.49 Å². The summed E-state index contributed by atoms with van der Waals surface area (Å²) < 4.78 is 7.68. The van der Waals surface area contributed by atoms with Gasteiger partial charge in [-0.25, -0.2) is 4.98 Å². The maximum Gasteiger partial charge on any atom is 0.169 e. The van der Waals surface area contributed by atoms with E-state index in [9.17, 15) is 0 Å². The van der Waals surface area contributed by atoms with Crippen molar-refractivity contribution in [3.8, 4) is 0 Å². The van der Waals surface area contributed by atoms with E-state index in [0.717, 1.165) is 50.6 Å². The van der Waals surface area contributed by atoms with E-state index < -0.39 is 0 Å². The predicted molar refractivity (Wildman–Crippen MR) is 82.8 cm³/mol. The number of aliphatic hydroxyl groups is 1. The first-order valence-electron chi connectivity index (χ1n) is 8.02. The first-order chi connectivity index (χ1) is 10.1. The number of nitrogens with one attached hydrogen (secondary N) is 1. The third-order valence-electron chi connectivity index (χ3n) is 3.40. The van der Waals surface area contributed by atoms with Gasteiger partial charge in [-0.3, -0.25) is 4.99 Å². The lowest BCUT2D eigenvalue weighted by molar-refractivity contribution is 0.282. The molecule has 0 aliphatic carbocycles. The molecule has 1 atom stereocenters. The number of unbranched alkanes of at least 4 members (excludes halogenated alkanes) is 3. The summed E-state index contributed by atoms with van der Waals surface area (Å²) in [6, 6.07) is 0.190. The van der Waals surface area contributed by atoms with Gasteiger partial charge in [-0.15, -0.1) is 0 Å². The molecule has 1 heterocycles. The summed E-state index contributed by atoms with van der Waals surface area (Å²) >= 11 is 6.29. The summed E-state index contributed by atoms with van der Waals surface area (Å²) in [5.41, 5.74) is 1.30. The van der Waals surface area contributed by atoms with Crippen molar-refractivity contribution in [1.82, 2.24) is 9.97 Å². The summed E-state index contributed by atoms with van der Waals surface area (Å²) in [6.07, 6.45) is 6.90. The highest BCUT2D eigenvalue weighted by Gasteiger charge is 2.07. The predicted octanol–water partition coefficient (Wildman–Crippen LogP) is 3.25. The Morgan fingerprint density at radius 1 is 1.40 bits per heavy atom. The molecule has 0 bridgehead atoms. The average Bonchev–Trinajstić information content (AvgIpc) is 2.48. The van der Waals surface area contributed by atoms with E-state index in [2.05, 4.69) is 21.9 Å². The average molecular weight is 301 g/mol. The topological polar surface area (TPSA) is 61.3 Å². The number of aromatic amines is 1. The molecule has 4 nitrogen and oxygen atoms in total. The second-order valence-electron chi connectivity index (χ2n) is 4.94. The molecule has 0 fully saturated rings. The lowest BCUT2D eigenvalue weighted by Gasteiger charge is -2.10. The van der Waals surface area contributed by atoms with Gasteiger partial charge in [0, 0.05) is 12.3 Å². The smallest absolute Gasteiger partial charge is 0.169 e. The van der Waals surface area contributed by atoms with Crippen LogP contribution in [0.4, 0.5) is 0 Å². The number of halogens is 1. The number of rotatable bonds is 9. The Bertz CT molecular complexity index is 490. The molecule has 114 valence electrons. The van der Waals surface area contributed by atoms with Crippen molar-refractivity contribution in [2.75, 3.05) is 6.61 Å². The highest BCUT2D eigenvalue weighted by molar-refractivity contribution is 6.30. The molecule has 1 unspecified atom stereocenters. The van der Waals surface area contributed by atoms with Crippen LogP contribution >= 0.6 is 11.6 Å². The van der Waals surface area contributed by atoms with Crippen LogP contribution in [0.25, 0.3) is 0 Å². The van der Waals surface area contributed by atoms with E-state index in [1.54, 1.807) is 0 Å². The highest BCUT2D eigenvalue weighted by Crippen LogP contribution is 2.12. The van der Waals surface area contributed by atoms with Crippen molar-refractivity contribution < 1.29 is 6.48 Å². The normalized spacial score (nSPS) is 14.4. The molecule has 2 N–H and O–H groups in total. The van der Waals surface area contributed by atoms with Gasteiger partial charge in [0.05, 0.1) is 12.3 Å². The summed E-state index contributed by atoms with van der Waals surface area (Å²) in [7, 11) is 0. The molecule has 0 aromatic carbocycles. The van der Waals surface area contributed by atoms with Gasteiger partial charge in [0.25, 0.3) is 0 Å². The van der Waals surface area contributed by atoms with Gasteiger partial charge in [-0.05, 0) is 25.7 Å². The van der Waals surface area contributed by atoms with Crippen LogP contribution in [0.15, 0.2) is 11.3 Å². The van der Waals surface area contributed by atoms with Gasteiger partial charge < -0.3 is 10.1 Å². The Kier molecular flexibility index (Phi) is 7.72. The van der Waals surface area contributed by atoms with Crippen molar-refractivity contribution in [3.05, 3.63) is 22.5 Å². The monoisotopic (exact) mass is 300 g/mol. The molecular weight excluding hydrogens is 274 g/mol. The Balaban J connectivity index is 2.76. The molecule has 0 saturated heterocycles. The molecule has 1 aromatic rings. The van der Waals surface area contributed by atoms with E-state index in [1.165, 1.54) is 0 Å². The van der Waals surface area contributed by atoms with Crippen LogP contribution in [0.1, 0.15) is 59.4 Å². The minimum atomic E-state index is 0.104. The Morgan fingerprint density at radius 3 is 2.80 bits per heavy atom. The van der Waals surface area contributed by atoms with Gasteiger partial charge in [-0.1, -0.05) is 44.7 Å². The third-order valence-corrected chi connectivity index (χ3v) is 3.80. The minimum Gasteiger partial charge on any atom is -0.396 e. The summed E-state index contributed by atoms with van der Waals surface area (Å²) in [5, 5.41) is 9.29. The zero-order chi connectivity index (χ0) is 15.7. The van der Waals surface area contributed by atoms with Crippen LogP contribution in [0, 0.1) is 0 Å². The van der Waals surface area contributed by atoms with Crippen molar-refractivity contribution >= 4 is 11.6 Å². The number of nitrogens with zero attached hydrogens (tertiary/aromatic N) is 2. The number of hydrogen-bond acceptors (Lipinski definition) is 3. The standard InChI is InChI=1S/C15H26ClN3O/c1-3-12(9-7-5-6-8-10-20)19-15-14(16)13(4-2)17-11-18-15/h11-12,20H,3-10H2,1-2H3,(H,17,18,19)/i11D. The molecule has 5 heteroatoms. The second kappa shape index (κ2) is 9.94. The van der Waals surface area contributed by atoms with E-state index in [4.69, 9.17) is 18.1 Å². The Hall–Kier alpha value is -0.870. The van der Waals surface area contributed by atoms with Gasteiger partial charge in [-0.2, -0.15) is 0 Å². The first-order valence-corrected chi connectivity index (χ1v) is 7.90. The lowest BCUT2D eigenvalue weighted by atomic mass is 10.1. The molecule has 0 spiro atoms. The molecule has 1 rings (SSSR count). The van der Waals surface area contributed by atoms with Crippen molar-refractivity contribution in [2.45, 2.75) is 64.8 Å². The fraction of sp³-hybridized carbons (Fsp3) is 0.733. The van der Waals surface area contributed by atoms with Gasteiger partial charge in [0.1, 0.15) is 6.39 Å². The second-order valence-corrected chi connectivity index (χ2v) is 5.31. The molecular formula is C15H26ClN3O. The zero-order valence-corrected chi connectivity index (χ0v) is 13.2. The fourth-order valence-electron chi connectivity index (χ4n) is 2.09. The quantitative estimate of drug-likeness (QED) is 0.688. The van der Waals surface area contributed by atoms with E-state index >= 15 is 0 Å². The minimum absolute atomic E-state index is 0.104. The van der Waals surface area contributed by atoms with Crippen LogP contribution in [0.3, 0.4) is 0 Å². The van der Waals surface area contributed by atoms with Gasteiger partial charge in [0.2, 0.25) is 0 Å². The largest absolute Gasteiger partial charge is 0.396 e. The molecule has 1 aromatic heterocycles. The molecule has 0 aliphatic rings. The van der Waals surface area contributed by atoms with Gasteiger partial charge >= 0.3 is 0 Å². The third kappa shape index (κ3) is 5.63. The van der Waals surface area contributed by atoms with Gasteiger partial charge in [0.15, 0.2) is 5.49 Å². The van der Waals surface area contributed by atoms with Crippen molar-refractivity contribution in [1.29, 1.82) is 0 Å². The molecule has 0 radical (unpaired) electrons. The summed E-state index contributed by atoms with van der Waals surface area (Å²) in [4.78, 5) is 11.6. The van der Waals surface area contributed by atoms with Crippen LogP contribution in [0.5, 0.6) is 0 Å². The van der Waals surface area contributed by atoms with Crippen molar-refractivity contribution in [3.63, 3.8) is 0 Å². The first kappa shape index (κ1) is 15.5. The SMILES string of the molecule is [2H]c1nc(=NC(CC)CCCCCCO)c(Cl)c(CC)[nH]1. The zero-order valence-electron chi connectivity index (χ0n) is 13.5. The van der Waals surface area contributed by atoms with Crippen LogP contribution in [-0.4, -0.2) is 27.7 Å². The maximum absolute atomic E-state index is 8.76. The molecule has 0 saturated carbocycles. The maximum atomic E-state index is 8.76. The summed E-state index contributed by atoms with van der Waals surface area (Å²) in [5.74, 6) is 0. The number of hydrogen-bond donors (Lipinski definition) is 2. The number of H-pyrrole nitrogens is 1. The van der Waals surface area contributed by atoms with E-state index in [-0.39, 0.29) is 19.0 Å². The summed E-state index contributed by atoms with van der Waals surface area (Å²) in [6.45, 7) is 4.36. The lowest BCUT2D eigenvalue weighted by Crippen LogP contribution is -2.17. The van der Waals surface area contributed by atoms with E-state index in [1.807, 2.05) is 6.92 Å². The fourth-order valence-corrected chi connectivity index (χ4v) is 2.37. The highest BCUT2D eigenvalue weighted by atomic mass is 35.5. The molecule has 20 heavy (non-hydrogen) atoms. The molecule has 0 aliphatic heterocycles. The molecule has 0 amide bonds. The van der Waals surface area contributed by atoms with Crippen molar-refractivity contribution in [2.24, 2.45) is 4.99 Å². The van der Waals surface area contributed by atoms with Crippen LogP contribution in [0.2, 0.25) is 5.02 Å².